The first-order chi connectivity index (χ1) is 17.0. The van der Waals surface area contributed by atoms with Crippen molar-refractivity contribution in [1.29, 1.82) is 0 Å². The van der Waals surface area contributed by atoms with Gasteiger partial charge >= 0.3 is 5.97 Å². The normalized spacial score (nSPS) is 23.0. The van der Waals surface area contributed by atoms with Crippen molar-refractivity contribution in [2.24, 2.45) is 17.3 Å². The van der Waals surface area contributed by atoms with E-state index in [9.17, 15) is 19.5 Å². The van der Waals surface area contributed by atoms with Crippen molar-refractivity contribution in [2.45, 2.75) is 78.7 Å². The van der Waals surface area contributed by atoms with Crippen LogP contribution in [0.2, 0.25) is 0 Å². The summed E-state index contributed by atoms with van der Waals surface area (Å²) >= 11 is 1.07. The molecule has 1 saturated carbocycles. The lowest BCUT2D eigenvalue weighted by molar-refractivity contribution is -0.135. The summed E-state index contributed by atoms with van der Waals surface area (Å²) in [6, 6.07) is 0.973. The number of hydrogen-bond acceptors (Lipinski definition) is 5. The molecule has 1 saturated heterocycles. The fourth-order valence-electron chi connectivity index (χ4n) is 4.92. The summed E-state index contributed by atoms with van der Waals surface area (Å²) in [5.41, 5.74) is 0.0577. The average Bonchev–Trinajstić information content (AvgIpc) is 3.16. The minimum Gasteiger partial charge on any atom is -0.477 e. The van der Waals surface area contributed by atoms with E-state index in [0.717, 1.165) is 49.9 Å². The number of hydrogen-bond donors (Lipinski definition) is 1. The molecule has 0 radical (unpaired) electrons. The molecule has 1 aromatic heterocycles. The molecule has 0 aromatic carbocycles. The molecule has 7 nitrogen and oxygen atoms in total. The Morgan fingerprint density at radius 1 is 1.19 bits per heavy atom. The van der Waals surface area contributed by atoms with E-state index in [1.54, 1.807) is 18.1 Å². The maximum Gasteiger partial charge on any atom is 0.348 e. The fourth-order valence-corrected chi connectivity index (χ4v) is 5.76. The Hall–Kier alpha value is -2.37. The fraction of sp³-hybridized carbons (Fsp3) is 0.679. The summed E-state index contributed by atoms with van der Waals surface area (Å²) in [7, 11) is 1.60. The predicted octanol–water partition coefficient (Wildman–Crippen LogP) is 5.03. The van der Waals surface area contributed by atoms with Gasteiger partial charge in [-0.1, -0.05) is 18.8 Å². The lowest BCUT2D eigenvalue weighted by Gasteiger charge is -2.36. The summed E-state index contributed by atoms with van der Waals surface area (Å²) in [6.45, 7) is 9.65. The van der Waals surface area contributed by atoms with Crippen molar-refractivity contribution < 1.29 is 24.2 Å². The highest BCUT2D eigenvalue weighted by atomic mass is 32.1. The zero-order valence-corrected chi connectivity index (χ0v) is 23.1. The number of anilines is 1. The van der Waals surface area contributed by atoms with Crippen LogP contribution < -0.4 is 4.90 Å². The largest absolute Gasteiger partial charge is 0.477 e. The van der Waals surface area contributed by atoms with E-state index in [4.69, 9.17) is 4.74 Å². The van der Waals surface area contributed by atoms with Gasteiger partial charge in [-0.3, -0.25) is 14.5 Å². The van der Waals surface area contributed by atoms with Gasteiger partial charge in [0.25, 0.3) is 0 Å². The molecular weight excluding hydrogens is 476 g/mol. The Morgan fingerprint density at radius 2 is 1.89 bits per heavy atom. The van der Waals surface area contributed by atoms with E-state index < -0.39 is 12.0 Å². The number of aromatic carboxylic acids is 1. The Kier molecular flexibility index (Phi) is 9.59. The molecule has 1 N–H and O–H groups in total. The van der Waals surface area contributed by atoms with Crippen molar-refractivity contribution in [3.05, 3.63) is 15.8 Å². The Labute approximate surface area is 219 Å². The predicted molar refractivity (Wildman–Crippen MR) is 142 cm³/mol. The Balaban J connectivity index is 2.08. The van der Waals surface area contributed by atoms with Gasteiger partial charge in [0.05, 0.1) is 17.2 Å². The third-order valence-corrected chi connectivity index (χ3v) is 7.99. The van der Waals surface area contributed by atoms with Crippen LogP contribution in [0.4, 0.5) is 5.69 Å². The summed E-state index contributed by atoms with van der Waals surface area (Å²) in [5.74, 6) is 5.24. The molecular formula is C28H40N2O5S. The van der Waals surface area contributed by atoms with E-state index in [1.165, 1.54) is 4.90 Å². The van der Waals surface area contributed by atoms with E-state index in [-0.39, 0.29) is 28.0 Å². The number of nitrogens with zero attached hydrogens (tertiary/aromatic N) is 2. The van der Waals surface area contributed by atoms with Gasteiger partial charge in [0.1, 0.15) is 10.9 Å². The van der Waals surface area contributed by atoms with Gasteiger partial charge in [0.2, 0.25) is 11.8 Å². The number of carboxylic acids is 1. The second-order valence-electron chi connectivity index (χ2n) is 11.1. The van der Waals surface area contributed by atoms with Gasteiger partial charge in [0, 0.05) is 31.5 Å². The van der Waals surface area contributed by atoms with Gasteiger partial charge < -0.3 is 14.7 Å². The molecule has 1 atom stereocenters. The highest BCUT2D eigenvalue weighted by Crippen LogP contribution is 2.37. The number of carbonyl (C=O) groups excluding carboxylic acids is 2. The molecule has 2 amide bonds. The molecule has 198 valence electrons. The summed E-state index contributed by atoms with van der Waals surface area (Å²) in [5, 5.41) is 10.1. The second-order valence-corrected chi connectivity index (χ2v) is 12.2. The number of rotatable bonds is 7. The number of carbonyl (C=O) groups is 3. The van der Waals surface area contributed by atoms with Crippen LogP contribution in [0.25, 0.3) is 0 Å². The number of methoxy groups -OCH3 is 1. The molecule has 0 bridgehead atoms. The van der Waals surface area contributed by atoms with Crippen LogP contribution >= 0.6 is 11.3 Å². The SMILES string of the molecule is COCCN1CCCC[C@H](N(c2cc(C#CC(C)(C)C)sc2C(=O)O)C(=O)[C@H]2CC[C@H](C)CC2)C1=O. The minimum atomic E-state index is -1.11. The first-order valence-electron chi connectivity index (χ1n) is 13.0. The monoisotopic (exact) mass is 516 g/mol. The zero-order chi connectivity index (χ0) is 26.5. The molecule has 2 heterocycles. The quantitative estimate of drug-likeness (QED) is 0.514. The maximum atomic E-state index is 14.1. The van der Waals surface area contributed by atoms with Crippen molar-refractivity contribution in [3.8, 4) is 11.8 Å². The summed E-state index contributed by atoms with van der Waals surface area (Å²) in [6.07, 6.45) is 5.57. The van der Waals surface area contributed by atoms with Crippen LogP contribution in [0.15, 0.2) is 6.07 Å². The van der Waals surface area contributed by atoms with Gasteiger partial charge in [-0.25, -0.2) is 4.79 Å². The Bertz CT molecular complexity index is 1010. The molecule has 1 aliphatic heterocycles. The summed E-state index contributed by atoms with van der Waals surface area (Å²) in [4.78, 5) is 44.1. The highest BCUT2D eigenvalue weighted by Gasteiger charge is 2.40. The number of ether oxygens (including phenoxy) is 1. The van der Waals surface area contributed by atoms with E-state index in [0.29, 0.717) is 42.6 Å². The first-order valence-corrected chi connectivity index (χ1v) is 13.8. The molecule has 0 unspecified atom stereocenters. The van der Waals surface area contributed by atoms with Crippen molar-refractivity contribution in [3.63, 3.8) is 0 Å². The molecule has 36 heavy (non-hydrogen) atoms. The van der Waals surface area contributed by atoms with Crippen LogP contribution in [0.5, 0.6) is 0 Å². The van der Waals surface area contributed by atoms with Crippen LogP contribution in [0, 0.1) is 29.1 Å². The van der Waals surface area contributed by atoms with Gasteiger partial charge in [-0.2, -0.15) is 0 Å². The smallest absolute Gasteiger partial charge is 0.348 e. The number of amides is 2. The molecule has 1 aliphatic carbocycles. The van der Waals surface area contributed by atoms with Crippen LogP contribution in [-0.4, -0.2) is 60.6 Å². The molecule has 8 heteroatoms. The maximum absolute atomic E-state index is 14.1. The van der Waals surface area contributed by atoms with E-state index >= 15 is 0 Å². The number of thiophene rings is 1. The third-order valence-electron chi connectivity index (χ3n) is 6.96. The van der Waals surface area contributed by atoms with Crippen LogP contribution in [0.3, 0.4) is 0 Å². The molecule has 2 fully saturated rings. The zero-order valence-electron chi connectivity index (χ0n) is 22.3. The third kappa shape index (κ3) is 7.10. The van der Waals surface area contributed by atoms with E-state index in [2.05, 4.69) is 18.8 Å². The van der Waals surface area contributed by atoms with Gasteiger partial charge in [0.15, 0.2) is 0 Å². The molecule has 1 aromatic rings. The lowest BCUT2D eigenvalue weighted by atomic mass is 9.82. The number of likely N-dealkylation sites (tertiary alicyclic amines) is 1. The Morgan fingerprint density at radius 3 is 2.50 bits per heavy atom. The van der Waals surface area contributed by atoms with Gasteiger partial charge in [-0.05, 0) is 77.7 Å². The van der Waals surface area contributed by atoms with Crippen LogP contribution in [0.1, 0.15) is 87.2 Å². The number of carboxylic acid groups (broad SMARTS) is 1. The second kappa shape index (κ2) is 12.2. The average molecular weight is 517 g/mol. The highest BCUT2D eigenvalue weighted by molar-refractivity contribution is 7.15. The first kappa shape index (κ1) is 28.2. The lowest BCUT2D eigenvalue weighted by Crippen LogP contribution is -2.53. The standard InChI is InChI=1S/C28H40N2O5S/c1-19-9-11-20(12-10-19)25(31)30(22-8-6-7-15-29(26(22)32)16-17-35-5)23-18-21(13-14-28(2,3)4)36-24(23)27(33)34/h18-20,22H,6-12,15-17H2,1-5H3,(H,33,34)/t19-,20-,22-/m0/s1. The molecule has 2 aliphatic rings. The summed E-state index contributed by atoms with van der Waals surface area (Å²) < 4.78 is 5.21. The topological polar surface area (TPSA) is 87.2 Å². The van der Waals surface area contributed by atoms with Crippen LogP contribution in [-0.2, 0) is 14.3 Å². The minimum absolute atomic E-state index is 0.0613. The van der Waals surface area contributed by atoms with E-state index in [1.807, 2.05) is 20.8 Å². The van der Waals surface area contributed by atoms with Gasteiger partial charge in [-0.15, -0.1) is 11.3 Å². The van der Waals surface area contributed by atoms with Crippen molar-refractivity contribution in [2.75, 3.05) is 31.7 Å². The molecule has 0 spiro atoms. The molecule has 3 rings (SSSR count). The van der Waals surface area contributed by atoms with Crippen molar-refractivity contribution in [1.82, 2.24) is 4.90 Å². The van der Waals surface area contributed by atoms with Crippen molar-refractivity contribution >= 4 is 34.8 Å².